The molecule has 0 aromatic rings. The lowest BCUT2D eigenvalue weighted by Crippen LogP contribution is -2.67. The predicted octanol–water partition coefficient (Wildman–Crippen LogP) is 3.00. The summed E-state index contributed by atoms with van der Waals surface area (Å²) >= 11 is 0. The maximum atomic E-state index is 13.3. The summed E-state index contributed by atoms with van der Waals surface area (Å²) in [5, 5.41) is -0.247. The summed E-state index contributed by atoms with van der Waals surface area (Å²) in [4.78, 5) is 29.6. The minimum Gasteiger partial charge on any atom is -0.446 e. The molecule has 0 radical (unpaired) electrons. The van der Waals surface area contributed by atoms with E-state index in [2.05, 4.69) is 0 Å². The Morgan fingerprint density at radius 2 is 1.64 bits per heavy atom. The van der Waals surface area contributed by atoms with Crippen LogP contribution in [0.4, 0.5) is 4.79 Å². The van der Waals surface area contributed by atoms with Crippen molar-refractivity contribution < 1.29 is 27.5 Å². The second-order valence-corrected chi connectivity index (χ2v) is 13.0. The molecule has 0 bridgehead atoms. The number of carbonyl (C=O) groups is 2. The Balaban J connectivity index is 1.51. The molecule has 0 spiro atoms. The molecule has 0 N–H and O–H groups in total. The van der Waals surface area contributed by atoms with Crippen molar-refractivity contribution in [1.82, 2.24) is 9.80 Å². The zero-order chi connectivity index (χ0) is 23.8. The van der Waals surface area contributed by atoms with Gasteiger partial charge in [-0.2, -0.15) is 0 Å². The number of nitrogens with zero attached hydrogens (tertiary/aromatic N) is 2. The van der Waals surface area contributed by atoms with E-state index < -0.39 is 9.84 Å². The number of carbonyl (C=O) groups excluding carboxylic acids is 2. The van der Waals surface area contributed by atoms with Gasteiger partial charge in [0.1, 0.15) is 15.9 Å². The van der Waals surface area contributed by atoms with E-state index in [1.807, 2.05) is 16.7 Å². The van der Waals surface area contributed by atoms with Gasteiger partial charge in [0.05, 0.1) is 30.5 Å². The van der Waals surface area contributed by atoms with E-state index in [4.69, 9.17) is 9.47 Å². The van der Waals surface area contributed by atoms with Gasteiger partial charge in [0.25, 0.3) is 0 Å². The largest absolute Gasteiger partial charge is 0.446 e. The van der Waals surface area contributed by atoms with Crippen molar-refractivity contribution in [2.75, 3.05) is 26.0 Å². The summed E-state index contributed by atoms with van der Waals surface area (Å²) in [6.07, 6.45) is 8.52. The van der Waals surface area contributed by atoms with Crippen LogP contribution in [-0.4, -0.2) is 85.7 Å². The van der Waals surface area contributed by atoms with Crippen LogP contribution in [0.1, 0.15) is 71.6 Å². The van der Waals surface area contributed by atoms with Crippen LogP contribution in [0, 0.1) is 11.8 Å². The van der Waals surface area contributed by atoms with Crippen LogP contribution in [0.25, 0.3) is 0 Å². The summed E-state index contributed by atoms with van der Waals surface area (Å²) in [6, 6.07) is -0.124. The molecule has 2 aliphatic carbocycles. The average molecular weight is 485 g/mol. The van der Waals surface area contributed by atoms with E-state index in [-0.39, 0.29) is 41.5 Å². The van der Waals surface area contributed by atoms with Crippen molar-refractivity contribution in [2.45, 2.75) is 101 Å². The lowest BCUT2D eigenvalue weighted by Gasteiger charge is -2.54. The molecule has 2 aliphatic heterocycles. The Bertz CT molecular complexity index is 827. The molecule has 8 nitrogen and oxygen atoms in total. The Kier molecular flexibility index (Phi) is 7.58. The fraction of sp³-hybridized carbons (Fsp3) is 0.917. The normalized spacial score (nSPS) is 36.2. The van der Waals surface area contributed by atoms with Gasteiger partial charge in [-0.15, -0.1) is 0 Å². The van der Waals surface area contributed by atoms with Gasteiger partial charge < -0.3 is 19.3 Å². The Hall–Kier alpha value is -1.35. The van der Waals surface area contributed by atoms with Gasteiger partial charge in [-0.1, -0.05) is 12.8 Å². The molecular weight excluding hydrogens is 444 g/mol. The number of ether oxygens (including phenoxy) is 2. The predicted molar refractivity (Wildman–Crippen MR) is 125 cm³/mol. The summed E-state index contributed by atoms with van der Waals surface area (Å²) in [5.74, 6) is 0.789. The molecule has 0 aromatic heterocycles. The quantitative estimate of drug-likeness (QED) is 0.611. The van der Waals surface area contributed by atoms with Crippen molar-refractivity contribution in [3.05, 3.63) is 0 Å². The van der Waals surface area contributed by atoms with Gasteiger partial charge in [0, 0.05) is 38.6 Å². The second-order valence-electron chi connectivity index (χ2n) is 10.7. The first-order valence-electron chi connectivity index (χ1n) is 12.7. The molecule has 2 saturated heterocycles. The van der Waals surface area contributed by atoms with Crippen LogP contribution >= 0.6 is 0 Å². The third-order valence-electron chi connectivity index (χ3n) is 8.49. The lowest BCUT2D eigenvalue weighted by molar-refractivity contribution is -0.143. The molecule has 2 saturated carbocycles. The summed E-state index contributed by atoms with van der Waals surface area (Å²) in [6.45, 7) is 5.34. The molecule has 6 atom stereocenters. The van der Waals surface area contributed by atoms with E-state index in [0.29, 0.717) is 31.6 Å². The molecule has 5 unspecified atom stereocenters. The number of hydrogen-bond acceptors (Lipinski definition) is 6. The Labute approximate surface area is 198 Å². The molecule has 9 heteroatoms. The molecule has 2 amide bonds. The summed E-state index contributed by atoms with van der Waals surface area (Å²) < 4.78 is 35.7. The molecule has 4 aliphatic rings. The van der Waals surface area contributed by atoms with Gasteiger partial charge in [-0.05, 0) is 50.9 Å². The maximum Gasteiger partial charge on any atom is 0.410 e. The van der Waals surface area contributed by atoms with E-state index in [1.165, 1.54) is 6.26 Å². The zero-order valence-corrected chi connectivity index (χ0v) is 21.1. The second kappa shape index (κ2) is 10.1. The molecule has 4 fully saturated rings. The number of piperazine rings is 1. The van der Waals surface area contributed by atoms with Gasteiger partial charge in [0.15, 0.2) is 0 Å². The number of rotatable bonds is 3. The molecule has 4 rings (SSSR count). The molecule has 2 heterocycles. The number of hydrogen-bond donors (Lipinski definition) is 0. The van der Waals surface area contributed by atoms with E-state index in [0.717, 1.165) is 57.8 Å². The van der Waals surface area contributed by atoms with E-state index in [1.54, 1.807) is 6.92 Å². The maximum absolute atomic E-state index is 13.3. The van der Waals surface area contributed by atoms with Crippen LogP contribution in [0.3, 0.4) is 0 Å². The van der Waals surface area contributed by atoms with Gasteiger partial charge in [-0.25, -0.2) is 13.2 Å². The van der Waals surface area contributed by atoms with Crippen molar-refractivity contribution >= 4 is 21.8 Å². The highest BCUT2D eigenvalue weighted by molar-refractivity contribution is 7.91. The van der Waals surface area contributed by atoms with E-state index in [9.17, 15) is 18.0 Å². The highest BCUT2D eigenvalue weighted by Crippen LogP contribution is 2.44. The smallest absolute Gasteiger partial charge is 0.410 e. The van der Waals surface area contributed by atoms with Gasteiger partial charge in [-0.3, -0.25) is 4.79 Å². The summed E-state index contributed by atoms with van der Waals surface area (Å²) in [5.41, 5.74) is 0. The highest BCUT2D eigenvalue weighted by Gasteiger charge is 2.48. The van der Waals surface area contributed by atoms with Crippen LogP contribution in [-0.2, 0) is 24.1 Å². The van der Waals surface area contributed by atoms with Crippen molar-refractivity contribution in [1.29, 1.82) is 0 Å². The Morgan fingerprint density at radius 1 is 0.939 bits per heavy atom. The SMILES string of the molecule is CC(=O)N1C2CCC(C3CCCC(S(C)(=O)=O)C3)CC2N(C(=O)OC2CCOCC2)C[C@@H]1C. The molecule has 188 valence electrons. The topological polar surface area (TPSA) is 93.2 Å². The average Bonchev–Trinajstić information content (AvgIpc) is 2.78. The third-order valence-corrected chi connectivity index (χ3v) is 10.1. The highest BCUT2D eigenvalue weighted by atomic mass is 32.2. The van der Waals surface area contributed by atoms with Crippen molar-refractivity contribution in [3.63, 3.8) is 0 Å². The van der Waals surface area contributed by atoms with Crippen molar-refractivity contribution in [3.8, 4) is 0 Å². The fourth-order valence-corrected chi connectivity index (χ4v) is 8.03. The first kappa shape index (κ1) is 24.8. The van der Waals surface area contributed by atoms with E-state index >= 15 is 0 Å². The minimum atomic E-state index is -3.04. The molecule has 33 heavy (non-hydrogen) atoms. The monoisotopic (exact) mass is 484 g/mol. The number of sulfone groups is 1. The van der Waals surface area contributed by atoms with Gasteiger partial charge in [0.2, 0.25) is 5.91 Å². The standard InChI is InChI=1S/C24H40N2O6S/c1-16-15-25(24(28)32-20-9-11-31-12-10-20)23-14-19(7-8-22(23)26(16)17(2)27)18-5-4-6-21(13-18)33(3,29)30/h16,18-23H,4-15H2,1-3H3/t16-,18?,19?,21?,22?,23?/m0/s1. The zero-order valence-electron chi connectivity index (χ0n) is 20.3. The third kappa shape index (κ3) is 5.50. The van der Waals surface area contributed by atoms with Gasteiger partial charge >= 0.3 is 6.09 Å². The number of fused-ring (bicyclic) bond motifs is 1. The first-order valence-corrected chi connectivity index (χ1v) is 14.6. The van der Waals surface area contributed by atoms with Crippen LogP contribution in [0.15, 0.2) is 0 Å². The first-order chi connectivity index (χ1) is 15.6. The lowest BCUT2D eigenvalue weighted by atomic mass is 9.69. The Morgan fingerprint density at radius 3 is 2.30 bits per heavy atom. The van der Waals surface area contributed by atoms with Crippen LogP contribution < -0.4 is 0 Å². The van der Waals surface area contributed by atoms with Crippen molar-refractivity contribution in [2.24, 2.45) is 11.8 Å². The fourth-order valence-electron chi connectivity index (χ4n) is 6.84. The molecular formula is C24H40N2O6S. The van der Waals surface area contributed by atoms with Crippen LogP contribution in [0.2, 0.25) is 0 Å². The van der Waals surface area contributed by atoms with Crippen LogP contribution in [0.5, 0.6) is 0 Å². The molecule has 0 aromatic carbocycles. The summed E-state index contributed by atoms with van der Waals surface area (Å²) in [7, 11) is -3.04. The number of amides is 2. The minimum absolute atomic E-state index is 0.000894.